The van der Waals surface area contributed by atoms with Gasteiger partial charge in [0.05, 0.1) is 11.6 Å². The van der Waals surface area contributed by atoms with Gasteiger partial charge in [-0.2, -0.15) is 0 Å². The van der Waals surface area contributed by atoms with Crippen molar-refractivity contribution in [1.29, 1.82) is 0 Å². The number of carboxylic acid groups (broad SMARTS) is 1. The van der Waals surface area contributed by atoms with Crippen LogP contribution in [0.4, 0.5) is 8.78 Å². The number of likely N-dealkylation sites (tertiary alicyclic amines) is 1. The van der Waals surface area contributed by atoms with Gasteiger partial charge in [0.15, 0.2) is 0 Å². The van der Waals surface area contributed by atoms with Crippen LogP contribution in [0.15, 0.2) is 65.8 Å². The Balaban J connectivity index is 1.41. The zero-order valence-corrected chi connectivity index (χ0v) is 21.4. The minimum absolute atomic E-state index is 0.260. The van der Waals surface area contributed by atoms with Crippen LogP contribution >= 0.6 is 0 Å². The van der Waals surface area contributed by atoms with Gasteiger partial charge in [-0.05, 0) is 72.7 Å². The summed E-state index contributed by atoms with van der Waals surface area (Å²) in [7, 11) is 0. The number of aliphatic carboxylic acids is 1. The second kappa shape index (κ2) is 11.6. The smallest absolute Gasteiger partial charge is 0.309 e. The number of aryl methyl sites for hydroxylation is 2. The largest absolute Gasteiger partial charge is 0.481 e. The molecule has 0 aliphatic carbocycles. The maximum Gasteiger partial charge on any atom is 0.309 e. The topological polar surface area (TPSA) is 62.1 Å². The van der Waals surface area contributed by atoms with E-state index >= 15 is 0 Å². The lowest BCUT2D eigenvalue weighted by atomic mass is 9.87. The molecule has 1 saturated heterocycles. The number of benzene rings is 3. The van der Waals surface area contributed by atoms with E-state index in [0.717, 1.165) is 28.3 Å². The van der Waals surface area contributed by atoms with Gasteiger partial charge in [-0.25, -0.2) is 8.78 Å². The highest BCUT2D eigenvalue weighted by molar-refractivity contribution is 5.88. The molecule has 37 heavy (non-hydrogen) atoms. The number of halogens is 2. The molecular formula is C30H32F2N2O3. The fourth-order valence-corrected chi connectivity index (χ4v) is 4.58. The first-order valence-electron chi connectivity index (χ1n) is 12.4. The standard InChI is InChI=1S/C30H32F2N2O3/c1-19-4-5-24(10-20(19)2)11-29(25-12-27(31)14-28(32)13-25)21(3)33-37-18-23-8-6-22(7-9-23)15-34-16-26(17-34)30(35)36/h4-10,12-14,26,29H,11,15-18H2,1-3H3,(H,35,36)/b33-21+. The molecule has 0 amide bonds. The van der Waals surface area contributed by atoms with E-state index in [-0.39, 0.29) is 18.4 Å². The third-order valence-corrected chi connectivity index (χ3v) is 6.98. The van der Waals surface area contributed by atoms with E-state index in [0.29, 0.717) is 37.3 Å². The van der Waals surface area contributed by atoms with Gasteiger partial charge in [0, 0.05) is 31.6 Å². The second-order valence-corrected chi connectivity index (χ2v) is 9.93. The monoisotopic (exact) mass is 506 g/mol. The molecule has 0 saturated carbocycles. The Morgan fingerprint density at radius 3 is 2.22 bits per heavy atom. The molecule has 3 aromatic rings. The molecule has 0 spiro atoms. The molecule has 7 heteroatoms. The van der Waals surface area contributed by atoms with Crippen LogP contribution in [-0.4, -0.2) is 34.8 Å². The summed E-state index contributed by atoms with van der Waals surface area (Å²) in [6.45, 7) is 8.03. The quantitative estimate of drug-likeness (QED) is 0.270. The third kappa shape index (κ3) is 7.01. The van der Waals surface area contributed by atoms with Crippen LogP contribution in [0.3, 0.4) is 0 Å². The highest BCUT2D eigenvalue weighted by Gasteiger charge is 2.32. The Kier molecular flexibility index (Phi) is 8.34. The number of hydrogen-bond acceptors (Lipinski definition) is 4. The Morgan fingerprint density at radius 2 is 1.59 bits per heavy atom. The Bertz CT molecular complexity index is 1260. The second-order valence-electron chi connectivity index (χ2n) is 9.93. The average molecular weight is 507 g/mol. The number of rotatable bonds is 10. The van der Waals surface area contributed by atoms with E-state index in [4.69, 9.17) is 9.94 Å². The molecule has 1 fully saturated rings. The predicted octanol–water partition coefficient (Wildman–Crippen LogP) is 6.02. The van der Waals surface area contributed by atoms with Gasteiger partial charge < -0.3 is 9.94 Å². The van der Waals surface area contributed by atoms with E-state index in [1.165, 1.54) is 17.7 Å². The lowest BCUT2D eigenvalue weighted by molar-refractivity contribution is -0.147. The van der Waals surface area contributed by atoms with Crippen molar-refractivity contribution in [1.82, 2.24) is 4.90 Å². The first-order chi connectivity index (χ1) is 17.7. The number of oxime groups is 1. The van der Waals surface area contributed by atoms with Crippen LogP contribution < -0.4 is 0 Å². The zero-order chi connectivity index (χ0) is 26.5. The van der Waals surface area contributed by atoms with E-state index in [1.54, 1.807) is 0 Å². The molecule has 0 bridgehead atoms. The summed E-state index contributed by atoms with van der Waals surface area (Å²) in [6, 6.07) is 17.7. The SMILES string of the molecule is C/C(=N\OCc1ccc(CN2CC(C(=O)O)C2)cc1)C(Cc1ccc(C)c(C)c1)c1cc(F)cc(F)c1. The molecule has 1 aliphatic heterocycles. The Morgan fingerprint density at radius 1 is 0.973 bits per heavy atom. The van der Waals surface area contributed by atoms with E-state index in [1.807, 2.05) is 57.2 Å². The molecule has 1 unspecified atom stereocenters. The van der Waals surface area contributed by atoms with Crippen LogP contribution in [0.25, 0.3) is 0 Å². The normalized spacial score (nSPS) is 15.3. The van der Waals surface area contributed by atoms with E-state index in [2.05, 4.69) is 16.1 Å². The minimum Gasteiger partial charge on any atom is -0.481 e. The maximum atomic E-state index is 14.0. The lowest BCUT2D eigenvalue weighted by Crippen LogP contribution is -2.49. The van der Waals surface area contributed by atoms with Crippen molar-refractivity contribution in [3.8, 4) is 0 Å². The summed E-state index contributed by atoms with van der Waals surface area (Å²) in [6.07, 6.45) is 0.538. The number of carboxylic acids is 1. The number of nitrogens with zero attached hydrogens (tertiary/aromatic N) is 2. The number of hydrogen-bond donors (Lipinski definition) is 1. The van der Waals surface area contributed by atoms with Crippen molar-refractivity contribution in [2.45, 2.75) is 46.3 Å². The van der Waals surface area contributed by atoms with Crippen molar-refractivity contribution < 1.29 is 23.5 Å². The summed E-state index contributed by atoms with van der Waals surface area (Å²) in [5.41, 5.74) is 6.59. The van der Waals surface area contributed by atoms with Gasteiger partial charge in [-0.1, -0.05) is 47.6 Å². The molecule has 0 aromatic heterocycles. The molecule has 194 valence electrons. The predicted molar refractivity (Wildman–Crippen MR) is 139 cm³/mol. The highest BCUT2D eigenvalue weighted by atomic mass is 19.1. The summed E-state index contributed by atoms with van der Waals surface area (Å²) in [4.78, 5) is 18.7. The molecule has 0 radical (unpaired) electrons. The van der Waals surface area contributed by atoms with Crippen molar-refractivity contribution in [2.24, 2.45) is 11.1 Å². The van der Waals surface area contributed by atoms with Crippen molar-refractivity contribution in [2.75, 3.05) is 13.1 Å². The van der Waals surface area contributed by atoms with Gasteiger partial charge in [0.1, 0.15) is 18.2 Å². The van der Waals surface area contributed by atoms with Crippen LogP contribution in [0.2, 0.25) is 0 Å². The third-order valence-electron chi connectivity index (χ3n) is 6.98. The van der Waals surface area contributed by atoms with Gasteiger partial charge in [-0.3, -0.25) is 9.69 Å². The van der Waals surface area contributed by atoms with E-state index < -0.39 is 17.6 Å². The minimum atomic E-state index is -0.738. The Labute approximate surface area is 216 Å². The van der Waals surface area contributed by atoms with Crippen LogP contribution in [0, 0.1) is 31.4 Å². The van der Waals surface area contributed by atoms with E-state index in [9.17, 15) is 13.6 Å². The van der Waals surface area contributed by atoms with Gasteiger partial charge in [0.25, 0.3) is 0 Å². The molecule has 1 N–H and O–H groups in total. The maximum absolute atomic E-state index is 14.0. The van der Waals surface area contributed by atoms with Gasteiger partial charge in [0.2, 0.25) is 0 Å². The van der Waals surface area contributed by atoms with Gasteiger partial charge in [-0.15, -0.1) is 0 Å². The fraction of sp³-hybridized carbons (Fsp3) is 0.333. The molecule has 4 rings (SSSR count). The first-order valence-corrected chi connectivity index (χ1v) is 12.4. The Hall–Kier alpha value is -3.58. The fourth-order valence-electron chi connectivity index (χ4n) is 4.58. The highest BCUT2D eigenvalue weighted by Crippen LogP contribution is 2.26. The van der Waals surface area contributed by atoms with Crippen LogP contribution in [-0.2, 0) is 29.2 Å². The van der Waals surface area contributed by atoms with Crippen molar-refractivity contribution in [3.63, 3.8) is 0 Å². The summed E-state index contributed by atoms with van der Waals surface area (Å²) >= 11 is 0. The molecule has 1 aliphatic rings. The summed E-state index contributed by atoms with van der Waals surface area (Å²) in [5.74, 6) is -2.59. The molecular weight excluding hydrogens is 474 g/mol. The van der Waals surface area contributed by atoms with Crippen LogP contribution in [0.5, 0.6) is 0 Å². The zero-order valence-electron chi connectivity index (χ0n) is 21.4. The van der Waals surface area contributed by atoms with Crippen molar-refractivity contribution >= 4 is 11.7 Å². The van der Waals surface area contributed by atoms with Crippen molar-refractivity contribution in [3.05, 3.63) is 106 Å². The lowest BCUT2D eigenvalue weighted by Gasteiger charge is -2.36. The van der Waals surface area contributed by atoms with Gasteiger partial charge >= 0.3 is 5.97 Å². The first kappa shape index (κ1) is 26.5. The summed E-state index contributed by atoms with van der Waals surface area (Å²) < 4.78 is 28.1. The molecule has 5 nitrogen and oxygen atoms in total. The molecule has 3 aromatic carbocycles. The number of carbonyl (C=O) groups is 1. The van der Waals surface area contributed by atoms with Crippen LogP contribution in [0.1, 0.15) is 46.2 Å². The molecule has 1 heterocycles. The molecule has 1 atom stereocenters. The average Bonchev–Trinajstić information content (AvgIpc) is 2.81. The summed E-state index contributed by atoms with van der Waals surface area (Å²) in [5, 5.41) is 13.3.